The third-order valence-electron chi connectivity index (χ3n) is 4.66. The smallest absolute Gasteiger partial charge is 0.407 e. The summed E-state index contributed by atoms with van der Waals surface area (Å²) in [5.41, 5.74) is 1.24. The predicted octanol–water partition coefficient (Wildman–Crippen LogP) is 4.41. The molecule has 0 bridgehead atoms. The lowest BCUT2D eigenvalue weighted by atomic mass is 10.0. The van der Waals surface area contributed by atoms with Gasteiger partial charge in [-0.2, -0.15) is 0 Å². The number of aryl methyl sites for hydroxylation is 1. The number of amides is 2. The number of carboxylic acids is 1. The number of aliphatic hydroxyl groups excluding tert-OH is 1. The van der Waals surface area contributed by atoms with Crippen molar-refractivity contribution in [2.45, 2.75) is 25.0 Å². The second-order valence-corrected chi connectivity index (χ2v) is 8.43. The molecule has 2 amide bonds. The van der Waals surface area contributed by atoms with Crippen LogP contribution in [0.2, 0.25) is 15.1 Å². The minimum atomic E-state index is -1.46. The van der Waals surface area contributed by atoms with E-state index in [-0.39, 0.29) is 22.2 Å². The fourth-order valence-corrected chi connectivity index (χ4v) is 3.87. The first-order valence-corrected chi connectivity index (χ1v) is 11.2. The van der Waals surface area contributed by atoms with Crippen LogP contribution in [0.3, 0.4) is 0 Å². The van der Waals surface area contributed by atoms with Crippen LogP contribution in [0.5, 0.6) is 0 Å². The van der Waals surface area contributed by atoms with Crippen molar-refractivity contribution in [3.63, 3.8) is 0 Å². The van der Waals surface area contributed by atoms with Crippen molar-refractivity contribution in [1.82, 2.24) is 10.6 Å². The molecule has 0 aliphatic heterocycles. The Morgan fingerprint density at radius 1 is 1.12 bits per heavy atom. The van der Waals surface area contributed by atoms with E-state index in [0.29, 0.717) is 29.0 Å². The summed E-state index contributed by atoms with van der Waals surface area (Å²) in [7, 11) is 0. The average molecular weight is 530 g/mol. The van der Waals surface area contributed by atoms with Crippen molar-refractivity contribution < 1.29 is 29.3 Å². The molecule has 34 heavy (non-hydrogen) atoms. The van der Waals surface area contributed by atoms with Crippen LogP contribution in [0, 0.1) is 0 Å². The van der Waals surface area contributed by atoms with Gasteiger partial charge in [0, 0.05) is 5.02 Å². The summed E-state index contributed by atoms with van der Waals surface area (Å²) >= 11 is 18.5. The van der Waals surface area contributed by atoms with E-state index in [0.717, 1.165) is 0 Å². The number of hydrogen-bond acceptors (Lipinski definition) is 5. The second-order valence-electron chi connectivity index (χ2n) is 7.18. The zero-order chi connectivity index (χ0) is 25.3. The minimum Gasteiger partial charge on any atom is -0.480 e. The van der Waals surface area contributed by atoms with Gasteiger partial charge in [0.1, 0.15) is 12.6 Å². The first-order valence-electron chi connectivity index (χ1n) is 10.1. The van der Waals surface area contributed by atoms with Crippen LogP contribution in [0.25, 0.3) is 0 Å². The molecule has 2 atom stereocenters. The first-order chi connectivity index (χ1) is 16.1. The fourth-order valence-electron chi connectivity index (χ4n) is 2.97. The van der Waals surface area contributed by atoms with Crippen LogP contribution in [0.1, 0.15) is 34.0 Å². The van der Waals surface area contributed by atoms with E-state index < -0.39 is 36.7 Å². The highest BCUT2D eigenvalue weighted by Crippen LogP contribution is 2.29. The highest BCUT2D eigenvalue weighted by molar-refractivity contribution is 6.39. The maximum atomic E-state index is 12.7. The highest BCUT2D eigenvalue weighted by atomic mass is 35.5. The maximum absolute atomic E-state index is 12.7. The Hall–Kier alpha value is -2.78. The van der Waals surface area contributed by atoms with Crippen LogP contribution in [0.4, 0.5) is 4.79 Å². The molecule has 8 nitrogen and oxygen atoms in total. The number of halogens is 3. The number of nitrogens with one attached hydrogen (secondary N) is 2. The molecule has 2 aromatic carbocycles. The number of aliphatic hydroxyl groups is 1. The Morgan fingerprint density at radius 2 is 1.79 bits per heavy atom. The summed E-state index contributed by atoms with van der Waals surface area (Å²) in [6.07, 6.45) is 0.486. The Morgan fingerprint density at radius 3 is 2.38 bits per heavy atom. The quantitative estimate of drug-likeness (QED) is 0.320. The van der Waals surface area contributed by atoms with Gasteiger partial charge in [0.25, 0.3) is 5.91 Å². The Kier molecular flexibility index (Phi) is 10.7. The van der Waals surface area contributed by atoms with Crippen molar-refractivity contribution >= 4 is 52.8 Å². The van der Waals surface area contributed by atoms with Gasteiger partial charge in [0.15, 0.2) is 0 Å². The molecule has 0 aromatic heterocycles. The van der Waals surface area contributed by atoms with Crippen LogP contribution >= 0.6 is 34.8 Å². The normalized spacial score (nSPS) is 12.4. The van der Waals surface area contributed by atoms with Gasteiger partial charge in [-0.05, 0) is 48.2 Å². The molecule has 0 aliphatic carbocycles. The van der Waals surface area contributed by atoms with Gasteiger partial charge >= 0.3 is 12.1 Å². The van der Waals surface area contributed by atoms with Crippen LogP contribution in [-0.2, 0) is 16.0 Å². The SMILES string of the molecule is C=CCOC(=O)NC[C@H](NC(=O)c1c(Cl)cc(CCC(O)c2cccc(Cl)c2)cc1Cl)C(=O)O. The number of carboxylic acid groups (broad SMARTS) is 1. The summed E-state index contributed by atoms with van der Waals surface area (Å²) in [6.45, 7) is 2.91. The molecule has 0 heterocycles. The number of ether oxygens (including phenoxy) is 1. The highest BCUT2D eigenvalue weighted by Gasteiger charge is 2.25. The summed E-state index contributed by atoms with van der Waals surface area (Å²) < 4.78 is 4.70. The molecular weight excluding hydrogens is 507 g/mol. The van der Waals surface area contributed by atoms with E-state index in [9.17, 15) is 24.6 Å². The number of aliphatic carboxylic acids is 1. The van der Waals surface area contributed by atoms with E-state index >= 15 is 0 Å². The molecule has 0 saturated heterocycles. The maximum Gasteiger partial charge on any atom is 0.407 e. The number of carbonyl (C=O) groups excluding carboxylic acids is 2. The number of alkyl carbamates (subject to hydrolysis) is 1. The van der Waals surface area contributed by atoms with Gasteiger partial charge < -0.3 is 25.6 Å². The van der Waals surface area contributed by atoms with Crippen LogP contribution < -0.4 is 10.6 Å². The number of rotatable bonds is 11. The Balaban J connectivity index is 2.04. The molecule has 0 spiro atoms. The van der Waals surface area contributed by atoms with Gasteiger partial charge in [-0.3, -0.25) is 4.79 Å². The van der Waals surface area contributed by atoms with Crippen molar-refractivity contribution in [1.29, 1.82) is 0 Å². The molecule has 0 radical (unpaired) electrons. The molecule has 0 fully saturated rings. The first kappa shape index (κ1) is 27.5. The molecule has 182 valence electrons. The molecule has 2 rings (SSSR count). The number of carbonyl (C=O) groups is 3. The third-order valence-corrected chi connectivity index (χ3v) is 5.49. The van der Waals surface area contributed by atoms with E-state index in [2.05, 4.69) is 17.2 Å². The number of benzene rings is 2. The summed E-state index contributed by atoms with van der Waals surface area (Å²) in [5, 5.41) is 24.8. The lowest BCUT2D eigenvalue weighted by molar-refractivity contribution is -0.139. The minimum absolute atomic E-state index is 0.0136. The van der Waals surface area contributed by atoms with Crippen molar-refractivity contribution in [2.24, 2.45) is 0 Å². The van der Waals surface area contributed by atoms with E-state index in [1.54, 1.807) is 24.3 Å². The van der Waals surface area contributed by atoms with Crippen molar-refractivity contribution in [2.75, 3.05) is 13.2 Å². The lowest BCUT2D eigenvalue weighted by Crippen LogP contribution is -2.48. The molecular formula is C23H23Cl3N2O6. The van der Waals surface area contributed by atoms with E-state index in [1.165, 1.54) is 18.2 Å². The Labute approximate surface area is 211 Å². The van der Waals surface area contributed by atoms with Crippen molar-refractivity contribution in [3.8, 4) is 0 Å². The molecule has 0 aliphatic rings. The third kappa shape index (κ3) is 8.22. The molecule has 11 heteroatoms. The second kappa shape index (κ2) is 13.2. The Bertz CT molecular complexity index is 1040. The van der Waals surface area contributed by atoms with Crippen LogP contribution in [0.15, 0.2) is 49.1 Å². The van der Waals surface area contributed by atoms with Gasteiger partial charge in [0.05, 0.1) is 28.3 Å². The summed E-state index contributed by atoms with van der Waals surface area (Å²) in [5.74, 6) is -2.20. The molecule has 0 saturated carbocycles. The number of hydrogen-bond donors (Lipinski definition) is 4. The monoisotopic (exact) mass is 528 g/mol. The van der Waals surface area contributed by atoms with Gasteiger partial charge in [-0.15, -0.1) is 0 Å². The summed E-state index contributed by atoms with van der Waals surface area (Å²) in [4.78, 5) is 35.6. The largest absolute Gasteiger partial charge is 0.480 e. The standard InChI is InChI=1S/C23H23Cl3N2O6/c1-2-8-34-23(33)27-12-18(22(31)32)28-21(30)20-16(25)9-13(10-17(20)26)6-7-19(29)14-4-3-5-15(24)11-14/h2-5,9-11,18-19,29H,1,6-8,12H2,(H,27,33)(H,28,30)(H,31,32)/t18-,19?/m0/s1. The fraction of sp³-hybridized carbons (Fsp3) is 0.261. The van der Waals surface area contributed by atoms with Gasteiger partial charge in [0.2, 0.25) is 0 Å². The lowest BCUT2D eigenvalue weighted by Gasteiger charge is -2.17. The van der Waals surface area contributed by atoms with E-state index in [1.807, 2.05) is 0 Å². The average Bonchev–Trinajstić information content (AvgIpc) is 2.78. The van der Waals surface area contributed by atoms with Gasteiger partial charge in [-0.25, -0.2) is 9.59 Å². The molecule has 2 aromatic rings. The molecule has 4 N–H and O–H groups in total. The zero-order valence-corrected chi connectivity index (χ0v) is 20.2. The summed E-state index contributed by atoms with van der Waals surface area (Å²) in [6, 6.07) is 8.47. The molecule has 1 unspecified atom stereocenters. The van der Waals surface area contributed by atoms with E-state index in [4.69, 9.17) is 39.5 Å². The topological polar surface area (TPSA) is 125 Å². The van der Waals surface area contributed by atoms with Gasteiger partial charge in [-0.1, -0.05) is 59.6 Å². The predicted molar refractivity (Wildman–Crippen MR) is 130 cm³/mol. The van der Waals surface area contributed by atoms with Crippen molar-refractivity contribution in [3.05, 3.63) is 80.8 Å². The zero-order valence-electron chi connectivity index (χ0n) is 17.9. The van der Waals surface area contributed by atoms with Crippen LogP contribution in [-0.4, -0.2) is 47.4 Å².